The Balaban J connectivity index is 1.49. The van der Waals surface area contributed by atoms with Gasteiger partial charge in [-0.2, -0.15) is 0 Å². The maximum Gasteiger partial charge on any atom is 0.408 e. The number of alkyl carbamates (subject to hydrolysis) is 2. The first kappa shape index (κ1) is 51.9. The number of hydrogen-bond acceptors (Lipinski definition) is 10. The van der Waals surface area contributed by atoms with E-state index in [-0.39, 0.29) is 26.1 Å². The highest BCUT2D eigenvalue weighted by Crippen LogP contribution is 2.17. The van der Waals surface area contributed by atoms with E-state index in [0.29, 0.717) is 11.1 Å². The topological polar surface area (TPSA) is 234 Å². The highest BCUT2D eigenvalue weighted by Gasteiger charge is 2.38. The number of nitrogens with one attached hydrogen (secondary N) is 6. The Morgan fingerprint density at radius 3 is 0.985 bits per heavy atom. The largest absolute Gasteiger partial charge is 0.445 e. The second kappa shape index (κ2) is 26.2. The minimum Gasteiger partial charge on any atom is -0.445 e. The van der Waals surface area contributed by atoms with Gasteiger partial charge in [-0.25, -0.2) is 9.59 Å². The van der Waals surface area contributed by atoms with Gasteiger partial charge in [0.15, 0.2) is 0 Å². The van der Waals surface area contributed by atoms with Gasteiger partial charge < -0.3 is 51.6 Å². The van der Waals surface area contributed by atoms with Crippen molar-refractivity contribution in [2.45, 2.75) is 116 Å². The molecule has 0 fully saturated rings. The van der Waals surface area contributed by atoms with Gasteiger partial charge in [0.25, 0.3) is 0 Å². The molecule has 0 spiro atoms. The van der Waals surface area contributed by atoms with Crippen LogP contribution in [0, 0.1) is 11.8 Å². The normalized spacial score (nSPS) is 14.8. The van der Waals surface area contributed by atoms with Crippen molar-refractivity contribution in [3.05, 3.63) is 144 Å². The zero-order chi connectivity index (χ0) is 48.2. The lowest BCUT2D eigenvalue weighted by Crippen LogP contribution is -2.62. The van der Waals surface area contributed by atoms with Crippen molar-refractivity contribution in [3.63, 3.8) is 0 Å². The van der Waals surface area contributed by atoms with Crippen LogP contribution in [0.1, 0.15) is 63.8 Å². The van der Waals surface area contributed by atoms with Gasteiger partial charge >= 0.3 is 12.2 Å². The summed E-state index contributed by atoms with van der Waals surface area (Å²) in [5.74, 6) is -3.57. The van der Waals surface area contributed by atoms with Crippen molar-refractivity contribution in [1.29, 1.82) is 0 Å². The molecule has 0 aliphatic rings. The number of benzene rings is 4. The summed E-state index contributed by atoms with van der Waals surface area (Å²) in [5, 5.41) is 40.1. The summed E-state index contributed by atoms with van der Waals surface area (Å²) in [7, 11) is 0. The molecule has 354 valence electrons. The molecule has 8 N–H and O–H groups in total. The second-order valence-electron chi connectivity index (χ2n) is 16.9. The molecule has 0 bridgehead atoms. The Morgan fingerprint density at radius 1 is 0.409 bits per heavy atom. The van der Waals surface area contributed by atoms with Crippen LogP contribution >= 0.6 is 0 Å². The number of rotatable bonds is 23. The number of aliphatic hydroxyl groups is 2. The van der Waals surface area contributed by atoms with E-state index in [2.05, 4.69) is 31.9 Å². The fourth-order valence-corrected chi connectivity index (χ4v) is 6.91. The lowest BCUT2D eigenvalue weighted by atomic mass is 9.90. The molecule has 16 heteroatoms. The van der Waals surface area contributed by atoms with Crippen LogP contribution in [-0.4, -0.2) is 94.5 Å². The average molecular weight is 909 g/mol. The summed E-state index contributed by atoms with van der Waals surface area (Å²) in [6.45, 7) is 9.76. The number of amides is 6. The van der Waals surface area contributed by atoms with E-state index in [1.54, 1.807) is 125 Å². The van der Waals surface area contributed by atoms with E-state index in [0.717, 1.165) is 11.1 Å². The molecule has 4 aromatic carbocycles. The molecule has 0 radical (unpaired) electrons. The number of carbonyl (C=O) groups is 6. The predicted octanol–water partition coefficient (Wildman–Crippen LogP) is 4.07. The second-order valence-corrected chi connectivity index (χ2v) is 16.9. The monoisotopic (exact) mass is 908 g/mol. The fourth-order valence-electron chi connectivity index (χ4n) is 6.91. The van der Waals surface area contributed by atoms with E-state index in [1.165, 1.54) is 13.8 Å². The molecule has 8 atom stereocenters. The molecular formula is C50H64N6O10. The quantitative estimate of drug-likeness (QED) is 0.0532. The van der Waals surface area contributed by atoms with E-state index in [1.807, 2.05) is 24.3 Å². The SMILES string of the molecule is CC(C)[C@H](NC(=O)[C@H](C)NC(=O)OCc1ccccc1)C(=O)N[C@@H](Cc1ccccc1)[C@@H](O)[C@H](O)[C@H](Cc1ccccc1)NC(=O)[C@@H](NC(=O)[C@@H](C)NC(=O)OCc1ccccc1)C(C)C. The number of hydrogen-bond donors (Lipinski definition) is 8. The Bertz CT molecular complexity index is 1990. The van der Waals surface area contributed by atoms with Crippen molar-refractivity contribution in [2.75, 3.05) is 0 Å². The Labute approximate surface area is 386 Å². The summed E-state index contributed by atoms with van der Waals surface area (Å²) >= 11 is 0. The lowest BCUT2D eigenvalue weighted by Gasteiger charge is -2.35. The minimum absolute atomic E-state index is 0.00760. The number of carbonyl (C=O) groups excluding carboxylic acids is 6. The van der Waals surface area contributed by atoms with E-state index in [4.69, 9.17) is 9.47 Å². The van der Waals surface area contributed by atoms with E-state index >= 15 is 0 Å². The van der Waals surface area contributed by atoms with Crippen LogP contribution < -0.4 is 31.9 Å². The standard InChI is InChI=1S/C50H64N6O10/c1-31(2)41(55-45(59)33(5)51-49(63)65-29-37-23-15-9-16-24-37)47(61)53-39(27-35-19-11-7-12-20-35)43(57)44(58)40(28-36-21-13-8-14-22-36)54-48(62)42(32(3)4)56-46(60)34(6)52-50(64)66-30-38-25-17-10-18-26-38/h7-26,31-34,39-44,57-58H,27-30H2,1-6H3,(H,51,63)(H,52,64)(H,53,61)(H,54,62)(H,55,59)(H,56,60)/t33-,34+,39-,40-,41-,42-,43+,44+/m0/s1. The molecule has 0 heterocycles. The Kier molecular flexibility index (Phi) is 20.6. The number of aliphatic hydroxyl groups excluding tert-OH is 2. The molecule has 6 amide bonds. The summed E-state index contributed by atoms with van der Waals surface area (Å²) < 4.78 is 10.5. The molecule has 16 nitrogen and oxygen atoms in total. The first-order chi connectivity index (χ1) is 31.5. The van der Waals surface area contributed by atoms with Crippen molar-refractivity contribution in [3.8, 4) is 0 Å². The van der Waals surface area contributed by atoms with Gasteiger partial charge in [-0.1, -0.05) is 149 Å². The average Bonchev–Trinajstić information content (AvgIpc) is 3.31. The molecule has 0 aliphatic heterocycles. The van der Waals surface area contributed by atoms with Gasteiger partial charge in [0.05, 0.1) is 12.1 Å². The molecule has 4 rings (SSSR count). The Morgan fingerprint density at radius 2 is 0.697 bits per heavy atom. The van der Waals surface area contributed by atoms with Gasteiger partial charge in [0, 0.05) is 0 Å². The van der Waals surface area contributed by atoms with Gasteiger partial charge in [0.1, 0.15) is 49.6 Å². The third kappa shape index (κ3) is 17.0. The van der Waals surface area contributed by atoms with Crippen LogP contribution in [0.4, 0.5) is 9.59 Å². The molecular weight excluding hydrogens is 845 g/mol. The molecule has 0 saturated heterocycles. The highest BCUT2D eigenvalue weighted by molar-refractivity contribution is 5.92. The third-order valence-electron chi connectivity index (χ3n) is 10.8. The fraction of sp³-hybridized carbons (Fsp3) is 0.400. The predicted molar refractivity (Wildman–Crippen MR) is 248 cm³/mol. The van der Waals surface area contributed by atoms with E-state index < -0.39 is 96.1 Å². The van der Waals surface area contributed by atoms with Crippen LogP contribution in [0.5, 0.6) is 0 Å². The van der Waals surface area contributed by atoms with E-state index in [9.17, 15) is 39.0 Å². The first-order valence-electron chi connectivity index (χ1n) is 22.1. The smallest absolute Gasteiger partial charge is 0.408 e. The third-order valence-corrected chi connectivity index (χ3v) is 10.8. The molecule has 0 saturated carbocycles. The van der Waals surface area contributed by atoms with Crippen LogP contribution in [-0.2, 0) is 54.7 Å². The Hall–Kier alpha value is -6.78. The molecule has 66 heavy (non-hydrogen) atoms. The summed E-state index contributed by atoms with van der Waals surface area (Å²) in [5.41, 5.74) is 2.94. The van der Waals surface area contributed by atoms with Gasteiger partial charge in [0.2, 0.25) is 23.6 Å². The molecule has 4 aromatic rings. The summed E-state index contributed by atoms with van der Waals surface area (Å²) in [6, 6.07) is 29.2. The maximum atomic E-state index is 14.1. The van der Waals surface area contributed by atoms with Gasteiger partial charge in [-0.3, -0.25) is 19.2 Å². The molecule has 0 unspecified atom stereocenters. The zero-order valence-electron chi connectivity index (χ0n) is 38.3. The number of ether oxygens (including phenoxy) is 2. The van der Waals surface area contributed by atoms with Crippen molar-refractivity contribution in [2.24, 2.45) is 11.8 Å². The minimum atomic E-state index is -1.69. The van der Waals surface area contributed by atoms with Crippen molar-refractivity contribution in [1.82, 2.24) is 31.9 Å². The lowest BCUT2D eigenvalue weighted by molar-refractivity contribution is -0.133. The summed E-state index contributed by atoms with van der Waals surface area (Å²) in [6.07, 6.45) is -4.94. The van der Waals surface area contributed by atoms with Crippen LogP contribution in [0.2, 0.25) is 0 Å². The maximum absolute atomic E-state index is 14.1. The van der Waals surface area contributed by atoms with Crippen LogP contribution in [0.25, 0.3) is 0 Å². The highest BCUT2D eigenvalue weighted by atomic mass is 16.6. The van der Waals surface area contributed by atoms with Crippen LogP contribution in [0.15, 0.2) is 121 Å². The first-order valence-corrected chi connectivity index (χ1v) is 22.1. The zero-order valence-corrected chi connectivity index (χ0v) is 38.3. The van der Waals surface area contributed by atoms with Gasteiger partial charge in [-0.15, -0.1) is 0 Å². The van der Waals surface area contributed by atoms with Gasteiger partial charge in [-0.05, 0) is 60.8 Å². The van der Waals surface area contributed by atoms with Crippen molar-refractivity contribution >= 4 is 35.8 Å². The molecule has 0 aromatic heterocycles. The van der Waals surface area contributed by atoms with Crippen LogP contribution in [0.3, 0.4) is 0 Å². The molecule has 0 aliphatic carbocycles. The summed E-state index contributed by atoms with van der Waals surface area (Å²) in [4.78, 5) is 79.9. The van der Waals surface area contributed by atoms with Crippen molar-refractivity contribution < 1.29 is 48.5 Å².